The van der Waals surface area contributed by atoms with Gasteiger partial charge in [-0.1, -0.05) is 55.8 Å². The topological polar surface area (TPSA) is 0 Å². The maximum Gasteiger partial charge on any atom is 0.0266 e. The van der Waals surface area contributed by atoms with Crippen molar-refractivity contribution in [1.82, 2.24) is 0 Å². The Kier molecular flexibility index (Phi) is 4.65. The van der Waals surface area contributed by atoms with E-state index in [0.717, 1.165) is 20.1 Å². The van der Waals surface area contributed by atoms with Crippen molar-refractivity contribution in [2.45, 2.75) is 0 Å². The van der Waals surface area contributed by atoms with Gasteiger partial charge >= 0.3 is 0 Å². The molecule has 0 spiro atoms. The van der Waals surface area contributed by atoms with Crippen LogP contribution in [0.4, 0.5) is 0 Å². The zero-order valence-electron chi connectivity index (χ0n) is 9.37. The van der Waals surface area contributed by atoms with E-state index in [2.05, 4.69) is 55.5 Å². The molecule has 0 heterocycles. The molecule has 0 amide bonds. The van der Waals surface area contributed by atoms with Crippen LogP contribution in [0.3, 0.4) is 0 Å². The van der Waals surface area contributed by atoms with Crippen LogP contribution in [-0.2, 0) is 0 Å². The van der Waals surface area contributed by atoms with Gasteiger partial charge in [0.15, 0.2) is 0 Å². The second-order valence-corrected chi connectivity index (χ2v) is 5.35. The molecule has 0 radical (unpaired) electrons. The molecule has 0 unspecified atom stereocenters. The molecule has 0 saturated carbocycles. The van der Waals surface area contributed by atoms with E-state index >= 15 is 0 Å². The molecule has 0 N–H and O–H groups in total. The highest BCUT2D eigenvalue weighted by atomic mass is 79.9. The molecule has 0 nitrogen and oxygen atoms in total. The largest absolute Gasteiger partial charge is 0.0599 e. The van der Waals surface area contributed by atoms with Gasteiger partial charge in [-0.2, -0.15) is 0 Å². The summed E-state index contributed by atoms with van der Waals surface area (Å²) < 4.78 is 2.04. The fourth-order valence-electron chi connectivity index (χ4n) is 1.34. The summed E-state index contributed by atoms with van der Waals surface area (Å²) in [4.78, 5) is 0. The SMILES string of the molecule is Brc1cccc(C#CC#Cc2cccc(Br)c2)c1. The normalized spacial score (nSPS) is 8.78. The third kappa shape index (κ3) is 4.08. The van der Waals surface area contributed by atoms with E-state index in [9.17, 15) is 0 Å². The van der Waals surface area contributed by atoms with Crippen LogP contribution in [0.1, 0.15) is 11.1 Å². The Morgan fingerprint density at radius 2 is 1.11 bits per heavy atom. The van der Waals surface area contributed by atoms with Gasteiger partial charge in [0.2, 0.25) is 0 Å². The summed E-state index contributed by atoms with van der Waals surface area (Å²) in [5.74, 6) is 11.7. The first-order chi connectivity index (χ1) is 8.74. The van der Waals surface area contributed by atoms with Crippen LogP contribution in [0.2, 0.25) is 0 Å². The first-order valence-electron chi connectivity index (χ1n) is 5.27. The summed E-state index contributed by atoms with van der Waals surface area (Å²) in [6.45, 7) is 0. The van der Waals surface area contributed by atoms with Crippen molar-refractivity contribution in [2.75, 3.05) is 0 Å². The van der Waals surface area contributed by atoms with Gasteiger partial charge in [0.25, 0.3) is 0 Å². The van der Waals surface area contributed by atoms with Crippen LogP contribution in [0.15, 0.2) is 57.5 Å². The minimum absolute atomic E-state index is 0.952. The molecule has 0 saturated heterocycles. The maximum absolute atomic E-state index is 3.41. The molecule has 0 aliphatic carbocycles. The number of hydrogen-bond acceptors (Lipinski definition) is 0. The van der Waals surface area contributed by atoms with Crippen molar-refractivity contribution in [2.24, 2.45) is 0 Å². The van der Waals surface area contributed by atoms with E-state index in [1.807, 2.05) is 48.5 Å². The van der Waals surface area contributed by atoms with Crippen LogP contribution < -0.4 is 0 Å². The molecule has 2 aromatic rings. The van der Waals surface area contributed by atoms with Crippen molar-refractivity contribution >= 4 is 31.9 Å². The van der Waals surface area contributed by atoms with Gasteiger partial charge in [0.1, 0.15) is 0 Å². The van der Waals surface area contributed by atoms with E-state index in [-0.39, 0.29) is 0 Å². The Hall–Kier alpha value is -1.48. The Labute approximate surface area is 124 Å². The number of halogens is 2. The summed E-state index contributed by atoms with van der Waals surface area (Å²) in [6, 6.07) is 15.7. The van der Waals surface area contributed by atoms with Gasteiger partial charge in [0, 0.05) is 20.1 Å². The van der Waals surface area contributed by atoms with Gasteiger partial charge in [-0.15, -0.1) is 0 Å². The van der Waals surface area contributed by atoms with Crippen LogP contribution in [0, 0.1) is 23.7 Å². The van der Waals surface area contributed by atoms with Gasteiger partial charge in [-0.3, -0.25) is 0 Å². The van der Waals surface area contributed by atoms with Gasteiger partial charge in [0.05, 0.1) is 0 Å². The first-order valence-corrected chi connectivity index (χ1v) is 6.86. The van der Waals surface area contributed by atoms with Crippen molar-refractivity contribution < 1.29 is 0 Å². The molecule has 86 valence electrons. The first kappa shape index (κ1) is 13.0. The van der Waals surface area contributed by atoms with Gasteiger partial charge < -0.3 is 0 Å². The lowest BCUT2D eigenvalue weighted by molar-refractivity contribution is 1.60. The molecular formula is C16H8Br2. The van der Waals surface area contributed by atoms with Gasteiger partial charge in [-0.05, 0) is 48.2 Å². The molecule has 0 aliphatic heterocycles. The fourth-order valence-corrected chi connectivity index (χ4v) is 2.14. The predicted octanol–water partition coefficient (Wildman–Crippen LogP) is 4.61. The second kappa shape index (κ2) is 6.45. The molecule has 2 aromatic carbocycles. The lowest BCUT2D eigenvalue weighted by atomic mass is 10.2. The van der Waals surface area contributed by atoms with E-state index in [0.29, 0.717) is 0 Å². The highest BCUT2D eigenvalue weighted by Gasteiger charge is 1.88. The third-order valence-corrected chi connectivity index (χ3v) is 3.11. The van der Waals surface area contributed by atoms with Crippen molar-refractivity contribution in [3.05, 3.63) is 68.6 Å². The smallest absolute Gasteiger partial charge is 0.0266 e. The summed E-state index contributed by atoms with van der Waals surface area (Å²) in [5, 5.41) is 0. The minimum Gasteiger partial charge on any atom is -0.0599 e. The molecule has 18 heavy (non-hydrogen) atoms. The Morgan fingerprint density at radius 3 is 1.50 bits per heavy atom. The van der Waals surface area contributed by atoms with E-state index in [1.165, 1.54) is 0 Å². The molecule has 0 bridgehead atoms. The van der Waals surface area contributed by atoms with Crippen LogP contribution in [0.25, 0.3) is 0 Å². The molecule has 2 rings (SSSR count). The molecule has 0 atom stereocenters. The average molecular weight is 360 g/mol. The third-order valence-electron chi connectivity index (χ3n) is 2.13. The van der Waals surface area contributed by atoms with Crippen molar-refractivity contribution in [3.8, 4) is 23.7 Å². The van der Waals surface area contributed by atoms with Gasteiger partial charge in [-0.25, -0.2) is 0 Å². The summed E-state index contributed by atoms with van der Waals surface area (Å²) >= 11 is 6.81. The number of rotatable bonds is 0. The summed E-state index contributed by atoms with van der Waals surface area (Å²) in [6.07, 6.45) is 0. The lowest BCUT2D eigenvalue weighted by Crippen LogP contribution is -1.73. The highest BCUT2D eigenvalue weighted by molar-refractivity contribution is 9.10. The quantitative estimate of drug-likeness (QED) is 0.602. The second-order valence-electron chi connectivity index (χ2n) is 3.52. The number of hydrogen-bond donors (Lipinski definition) is 0. The fraction of sp³-hybridized carbons (Fsp3) is 0. The molecule has 2 heteroatoms. The molecular weight excluding hydrogens is 352 g/mol. The summed E-state index contributed by atoms with van der Waals surface area (Å²) in [5.41, 5.74) is 1.90. The standard InChI is InChI=1S/C16H8Br2/c17-15-9-3-7-13(11-15)5-1-2-6-14-8-4-10-16(18)12-14/h3-4,7-12H. The average Bonchev–Trinajstić information content (AvgIpc) is 2.35. The molecule has 0 fully saturated rings. The zero-order chi connectivity index (χ0) is 12.8. The van der Waals surface area contributed by atoms with Crippen LogP contribution in [0.5, 0.6) is 0 Å². The van der Waals surface area contributed by atoms with Crippen molar-refractivity contribution in [1.29, 1.82) is 0 Å². The zero-order valence-corrected chi connectivity index (χ0v) is 12.5. The van der Waals surface area contributed by atoms with Crippen LogP contribution >= 0.6 is 31.9 Å². The van der Waals surface area contributed by atoms with Crippen molar-refractivity contribution in [3.63, 3.8) is 0 Å². The van der Waals surface area contributed by atoms with Crippen LogP contribution in [-0.4, -0.2) is 0 Å². The highest BCUT2D eigenvalue weighted by Crippen LogP contribution is 2.11. The minimum atomic E-state index is 0.952. The lowest BCUT2D eigenvalue weighted by Gasteiger charge is -1.90. The maximum atomic E-state index is 3.41. The Bertz CT molecular complexity index is 618. The predicted molar refractivity (Wildman–Crippen MR) is 82.0 cm³/mol. The Balaban J connectivity index is 2.14. The van der Waals surface area contributed by atoms with E-state index < -0.39 is 0 Å². The van der Waals surface area contributed by atoms with E-state index in [4.69, 9.17) is 0 Å². The van der Waals surface area contributed by atoms with E-state index in [1.54, 1.807) is 0 Å². The molecule has 0 aliphatic rings. The number of benzene rings is 2. The Morgan fingerprint density at radius 1 is 0.667 bits per heavy atom. The monoisotopic (exact) mass is 358 g/mol. The summed E-state index contributed by atoms with van der Waals surface area (Å²) in [7, 11) is 0. The molecule has 0 aromatic heterocycles.